The zero-order chi connectivity index (χ0) is 22.1. The van der Waals surface area contributed by atoms with Crippen LogP contribution in [-0.2, 0) is 10.1 Å². The van der Waals surface area contributed by atoms with Crippen molar-refractivity contribution in [3.05, 3.63) is 18.2 Å². The van der Waals surface area contributed by atoms with Crippen molar-refractivity contribution in [1.82, 2.24) is 0 Å². The first-order valence-corrected chi connectivity index (χ1v) is 13.3. The summed E-state index contributed by atoms with van der Waals surface area (Å²) in [6.07, 6.45) is 21.0. The van der Waals surface area contributed by atoms with Gasteiger partial charge >= 0.3 is 51.4 Å². The minimum atomic E-state index is -4.45. The van der Waals surface area contributed by atoms with E-state index in [1.165, 1.54) is 102 Å². The van der Waals surface area contributed by atoms with Gasteiger partial charge in [-0.05, 0) is 18.6 Å². The SMILES string of the molecule is CCCCCCCCCCCCCCCCCCOc1ccc(O)c(S(=O)(=O)O)c1.[KH]. The van der Waals surface area contributed by atoms with E-state index in [2.05, 4.69) is 6.92 Å². The zero-order valence-corrected chi connectivity index (χ0v) is 19.6. The molecule has 0 heterocycles. The number of hydrogen-bond donors (Lipinski definition) is 2. The van der Waals surface area contributed by atoms with Crippen LogP contribution in [0.1, 0.15) is 110 Å². The van der Waals surface area contributed by atoms with Gasteiger partial charge in [-0.2, -0.15) is 8.42 Å². The average Bonchev–Trinajstić information content (AvgIpc) is 2.70. The van der Waals surface area contributed by atoms with Gasteiger partial charge in [-0.1, -0.05) is 103 Å². The van der Waals surface area contributed by atoms with Crippen molar-refractivity contribution < 1.29 is 22.8 Å². The summed E-state index contributed by atoms with van der Waals surface area (Å²) in [4.78, 5) is -0.521. The summed E-state index contributed by atoms with van der Waals surface area (Å²) < 4.78 is 37.0. The van der Waals surface area contributed by atoms with Crippen LogP contribution >= 0.6 is 0 Å². The first-order chi connectivity index (χ1) is 14.4. The van der Waals surface area contributed by atoms with Gasteiger partial charge in [0, 0.05) is 6.07 Å². The van der Waals surface area contributed by atoms with Crippen molar-refractivity contribution in [2.75, 3.05) is 6.61 Å². The van der Waals surface area contributed by atoms with E-state index in [0.29, 0.717) is 12.4 Å². The van der Waals surface area contributed by atoms with E-state index < -0.39 is 20.8 Å². The summed E-state index contributed by atoms with van der Waals surface area (Å²) in [5, 5.41) is 9.50. The third-order valence-electron chi connectivity index (χ3n) is 5.48. The molecule has 5 nitrogen and oxygen atoms in total. The van der Waals surface area contributed by atoms with E-state index in [1.54, 1.807) is 0 Å². The molecule has 0 unspecified atom stereocenters. The predicted molar refractivity (Wildman–Crippen MR) is 130 cm³/mol. The van der Waals surface area contributed by atoms with E-state index in [4.69, 9.17) is 9.29 Å². The quantitative estimate of drug-likeness (QED) is 0.131. The predicted octanol–water partition coefficient (Wildman–Crippen LogP) is 6.63. The standard InChI is InChI=1S/C24H42O5S.K.H/c1-2-3-4-5-6-7-8-9-10-11-12-13-14-15-16-17-20-29-22-18-19-23(25)24(21-22)30(26,27)28;;/h18-19,21,25H,2-17,20H2,1H3,(H,26,27,28);;. The molecule has 176 valence electrons. The number of hydrogen-bond acceptors (Lipinski definition) is 4. The molecule has 0 atom stereocenters. The topological polar surface area (TPSA) is 83.8 Å². The van der Waals surface area contributed by atoms with Crippen LogP contribution in [0.15, 0.2) is 23.1 Å². The van der Waals surface area contributed by atoms with Gasteiger partial charge in [-0.25, -0.2) is 0 Å². The molecule has 0 aliphatic rings. The van der Waals surface area contributed by atoms with Gasteiger partial charge in [0.25, 0.3) is 10.1 Å². The number of rotatable bonds is 19. The van der Waals surface area contributed by atoms with E-state index in [0.717, 1.165) is 18.9 Å². The van der Waals surface area contributed by atoms with Crippen molar-refractivity contribution in [3.8, 4) is 11.5 Å². The maximum absolute atomic E-state index is 11.2. The fourth-order valence-electron chi connectivity index (χ4n) is 3.63. The van der Waals surface area contributed by atoms with E-state index in [9.17, 15) is 13.5 Å². The van der Waals surface area contributed by atoms with E-state index in [-0.39, 0.29) is 51.4 Å². The van der Waals surface area contributed by atoms with Gasteiger partial charge in [0.2, 0.25) is 0 Å². The number of phenolic OH excluding ortho intramolecular Hbond substituents is 1. The molecule has 0 saturated heterocycles. The maximum atomic E-state index is 11.2. The van der Waals surface area contributed by atoms with Crippen LogP contribution in [0.3, 0.4) is 0 Å². The van der Waals surface area contributed by atoms with Gasteiger partial charge in [0.1, 0.15) is 16.4 Å². The number of aromatic hydroxyl groups is 1. The van der Waals surface area contributed by atoms with Gasteiger partial charge in [0.15, 0.2) is 0 Å². The molecular formula is C24H43KO5S. The van der Waals surface area contributed by atoms with E-state index >= 15 is 0 Å². The molecule has 2 N–H and O–H groups in total. The third kappa shape index (κ3) is 16.6. The minimum absolute atomic E-state index is 0. The molecule has 0 fully saturated rings. The van der Waals surface area contributed by atoms with Crippen LogP contribution in [0.5, 0.6) is 11.5 Å². The molecule has 1 aromatic rings. The van der Waals surface area contributed by atoms with Gasteiger partial charge in [-0.15, -0.1) is 0 Å². The van der Waals surface area contributed by atoms with Crippen molar-refractivity contribution in [1.29, 1.82) is 0 Å². The second-order valence-electron chi connectivity index (χ2n) is 8.26. The van der Waals surface area contributed by atoms with Crippen molar-refractivity contribution in [3.63, 3.8) is 0 Å². The normalized spacial score (nSPS) is 11.3. The Morgan fingerprint density at radius 3 is 1.58 bits per heavy atom. The summed E-state index contributed by atoms with van der Waals surface area (Å²) in [6, 6.07) is 3.86. The molecule has 0 bridgehead atoms. The number of benzene rings is 1. The van der Waals surface area contributed by atoms with Crippen LogP contribution < -0.4 is 4.74 Å². The summed E-state index contributed by atoms with van der Waals surface area (Å²) in [5.41, 5.74) is 0. The van der Waals surface area contributed by atoms with Crippen molar-refractivity contribution in [2.45, 2.75) is 115 Å². The zero-order valence-electron chi connectivity index (χ0n) is 18.8. The Labute approximate surface area is 232 Å². The Morgan fingerprint density at radius 2 is 1.16 bits per heavy atom. The first-order valence-electron chi connectivity index (χ1n) is 11.9. The Hall–Kier alpha value is 0.366. The molecule has 31 heavy (non-hydrogen) atoms. The van der Waals surface area contributed by atoms with Gasteiger partial charge < -0.3 is 9.84 Å². The van der Waals surface area contributed by atoms with E-state index in [1.807, 2.05) is 0 Å². The van der Waals surface area contributed by atoms with Gasteiger partial charge in [0.05, 0.1) is 6.61 Å². The molecule has 0 aliphatic carbocycles. The Bertz CT molecular complexity index is 664. The molecule has 0 spiro atoms. The first kappa shape index (κ1) is 31.4. The summed E-state index contributed by atoms with van der Waals surface area (Å²) >= 11 is 0. The number of phenols is 1. The fraction of sp³-hybridized carbons (Fsp3) is 0.750. The molecule has 0 radical (unpaired) electrons. The Morgan fingerprint density at radius 1 is 0.742 bits per heavy atom. The monoisotopic (exact) mass is 482 g/mol. The van der Waals surface area contributed by atoms with Crippen molar-refractivity contribution >= 4 is 61.5 Å². The van der Waals surface area contributed by atoms with Crippen molar-refractivity contribution in [2.24, 2.45) is 0 Å². The van der Waals surface area contributed by atoms with Crippen LogP contribution in [0, 0.1) is 0 Å². The molecule has 0 aromatic heterocycles. The third-order valence-corrected chi connectivity index (χ3v) is 6.36. The molecule has 0 saturated carbocycles. The number of ether oxygens (including phenoxy) is 1. The summed E-state index contributed by atoms with van der Waals surface area (Å²) in [7, 11) is -4.45. The molecule has 0 aliphatic heterocycles. The Kier molecular flexibility index (Phi) is 20.0. The second kappa shape index (κ2) is 19.8. The molecule has 1 rings (SSSR count). The average molecular weight is 483 g/mol. The fourth-order valence-corrected chi connectivity index (χ4v) is 4.23. The van der Waals surface area contributed by atoms with Crippen LogP contribution in [0.2, 0.25) is 0 Å². The van der Waals surface area contributed by atoms with Crippen LogP contribution in [-0.4, -0.2) is 76.1 Å². The molecule has 7 heteroatoms. The summed E-state index contributed by atoms with van der Waals surface area (Å²) in [6.45, 7) is 2.76. The van der Waals surface area contributed by atoms with Crippen LogP contribution in [0.25, 0.3) is 0 Å². The molecule has 0 amide bonds. The molecular weight excluding hydrogens is 439 g/mol. The van der Waals surface area contributed by atoms with Gasteiger partial charge in [-0.3, -0.25) is 4.55 Å². The number of unbranched alkanes of at least 4 members (excludes halogenated alkanes) is 15. The Balaban J connectivity index is 0.00000900. The second-order valence-corrected chi connectivity index (χ2v) is 9.65. The van der Waals surface area contributed by atoms with Crippen LogP contribution in [0.4, 0.5) is 0 Å². The summed E-state index contributed by atoms with van der Waals surface area (Å²) in [5.74, 6) is -0.145. The molecule has 1 aromatic carbocycles.